The van der Waals surface area contributed by atoms with Crippen molar-refractivity contribution in [2.45, 2.75) is 4.90 Å². The lowest BCUT2D eigenvalue weighted by Gasteiger charge is -2.09. The number of pyridine rings is 1. The molecule has 0 unspecified atom stereocenters. The van der Waals surface area contributed by atoms with Gasteiger partial charge in [-0.2, -0.15) is 0 Å². The molecule has 0 atom stereocenters. The second-order valence-corrected chi connectivity index (χ2v) is 8.32. The van der Waals surface area contributed by atoms with E-state index >= 15 is 0 Å². The number of hydrogen-bond acceptors (Lipinski definition) is 6. The second kappa shape index (κ2) is 7.58. The van der Waals surface area contributed by atoms with Crippen molar-refractivity contribution in [3.8, 4) is 11.3 Å². The maximum atomic E-state index is 11.9. The summed E-state index contributed by atoms with van der Waals surface area (Å²) in [6.45, 7) is 0. The molecule has 4 aromatic rings. The number of aromatic nitrogens is 2. The highest BCUT2D eigenvalue weighted by atomic mass is 32.2. The van der Waals surface area contributed by atoms with Crippen molar-refractivity contribution >= 4 is 32.7 Å². The summed E-state index contributed by atoms with van der Waals surface area (Å²) in [5, 5.41) is 14.4. The SMILES string of the molecule is CNS(=O)(=O)c1ccc(Nc2ccc(-c3cn4ccccc4n3)cc2)c([N+](=O)[O-])c1. The van der Waals surface area contributed by atoms with Crippen LogP contribution in [0.2, 0.25) is 0 Å². The van der Waals surface area contributed by atoms with E-state index < -0.39 is 14.9 Å². The largest absolute Gasteiger partial charge is 0.350 e. The summed E-state index contributed by atoms with van der Waals surface area (Å²) in [4.78, 5) is 15.2. The third-order valence-corrected chi connectivity index (χ3v) is 5.98. The van der Waals surface area contributed by atoms with E-state index in [1.807, 2.05) is 47.1 Å². The van der Waals surface area contributed by atoms with E-state index in [9.17, 15) is 18.5 Å². The van der Waals surface area contributed by atoms with Gasteiger partial charge in [0.15, 0.2) is 0 Å². The molecule has 0 aliphatic rings. The Balaban J connectivity index is 1.62. The Morgan fingerprint density at radius 2 is 1.83 bits per heavy atom. The zero-order valence-electron chi connectivity index (χ0n) is 15.8. The summed E-state index contributed by atoms with van der Waals surface area (Å²) < 4.78 is 27.9. The van der Waals surface area contributed by atoms with E-state index in [-0.39, 0.29) is 16.3 Å². The number of sulfonamides is 1. The third-order valence-electron chi connectivity index (χ3n) is 4.57. The lowest BCUT2D eigenvalue weighted by molar-refractivity contribution is -0.384. The van der Waals surface area contributed by atoms with Crippen LogP contribution in [0, 0.1) is 10.1 Å². The van der Waals surface area contributed by atoms with E-state index in [0.717, 1.165) is 23.0 Å². The van der Waals surface area contributed by atoms with E-state index in [1.165, 1.54) is 19.2 Å². The molecule has 0 aliphatic heterocycles. The molecule has 2 aromatic heterocycles. The minimum Gasteiger partial charge on any atom is -0.350 e. The van der Waals surface area contributed by atoms with Crippen molar-refractivity contribution in [1.82, 2.24) is 14.1 Å². The highest BCUT2D eigenvalue weighted by molar-refractivity contribution is 7.89. The topological polar surface area (TPSA) is 119 Å². The zero-order valence-corrected chi connectivity index (χ0v) is 16.6. The summed E-state index contributed by atoms with van der Waals surface area (Å²) >= 11 is 0. The first kappa shape index (κ1) is 19.6. The normalized spacial score (nSPS) is 11.5. The Morgan fingerprint density at radius 1 is 1.07 bits per heavy atom. The van der Waals surface area contributed by atoms with Crippen molar-refractivity contribution in [1.29, 1.82) is 0 Å². The van der Waals surface area contributed by atoms with Gasteiger partial charge in [-0.15, -0.1) is 0 Å². The average Bonchev–Trinajstić information content (AvgIpc) is 3.18. The highest BCUT2D eigenvalue weighted by Gasteiger charge is 2.20. The van der Waals surface area contributed by atoms with E-state index in [0.29, 0.717) is 5.69 Å². The van der Waals surface area contributed by atoms with Gasteiger partial charge in [0.2, 0.25) is 10.0 Å². The van der Waals surface area contributed by atoms with E-state index in [4.69, 9.17) is 0 Å². The number of hydrogen-bond donors (Lipinski definition) is 2. The first-order chi connectivity index (χ1) is 14.4. The third kappa shape index (κ3) is 3.73. The van der Waals surface area contributed by atoms with Crippen LogP contribution in [0.3, 0.4) is 0 Å². The lowest BCUT2D eigenvalue weighted by Crippen LogP contribution is -2.18. The summed E-state index contributed by atoms with van der Waals surface area (Å²) in [6, 6.07) is 16.7. The van der Waals surface area contributed by atoms with Gasteiger partial charge >= 0.3 is 0 Å². The summed E-state index contributed by atoms with van der Waals surface area (Å²) in [5.41, 5.74) is 3.01. The molecule has 2 heterocycles. The fourth-order valence-electron chi connectivity index (χ4n) is 3.01. The number of nitrogens with one attached hydrogen (secondary N) is 2. The van der Waals surface area contributed by atoms with Crippen LogP contribution in [-0.4, -0.2) is 29.8 Å². The number of imidazole rings is 1. The fraction of sp³-hybridized carbons (Fsp3) is 0.0500. The van der Waals surface area contributed by atoms with Crippen molar-refractivity contribution in [3.05, 3.63) is 83.2 Å². The monoisotopic (exact) mass is 423 g/mol. The van der Waals surface area contributed by atoms with Gasteiger partial charge in [-0.05, 0) is 43.4 Å². The molecular weight excluding hydrogens is 406 g/mol. The van der Waals surface area contributed by atoms with Gasteiger partial charge in [-0.1, -0.05) is 18.2 Å². The first-order valence-electron chi connectivity index (χ1n) is 8.90. The number of rotatable bonds is 6. The molecule has 2 N–H and O–H groups in total. The van der Waals surface area contributed by atoms with Gasteiger partial charge in [0, 0.05) is 29.7 Å². The number of benzene rings is 2. The molecule has 30 heavy (non-hydrogen) atoms. The molecule has 0 radical (unpaired) electrons. The van der Waals surface area contributed by atoms with Crippen molar-refractivity contribution < 1.29 is 13.3 Å². The zero-order chi connectivity index (χ0) is 21.3. The van der Waals surface area contributed by atoms with Crippen molar-refractivity contribution in [2.75, 3.05) is 12.4 Å². The standard InChI is InChI=1S/C20H17N5O4S/c1-21-30(28,29)16-9-10-17(19(12-16)25(26)27)22-15-7-5-14(6-8-15)18-13-24-11-3-2-4-20(24)23-18/h2-13,21-22H,1H3. The number of anilines is 2. The fourth-order valence-corrected chi connectivity index (χ4v) is 3.76. The van der Waals surface area contributed by atoms with Crippen molar-refractivity contribution in [2.24, 2.45) is 0 Å². The Hall–Kier alpha value is -3.76. The van der Waals surface area contributed by atoms with Gasteiger partial charge < -0.3 is 9.72 Å². The molecule has 0 saturated heterocycles. The maximum absolute atomic E-state index is 11.9. The molecule has 0 saturated carbocycles. The number of nitro benzene ring substituents is 1. The Bertz CT molecular complexity index is 1310. The van der Waals surface area contributed by atoms with Crippen LogP contribution in [0.5, 0.6) is 0 Å². The summed E-state index contributed by atoms with van der Waals surface area (Å²) in [7, 11) is -2.53. The van der Waals surface area contributed by atoms with Crippen LogP contribution in [0.1, 0.15) is 0 Å². The predicted molar refractivity (Wildman–Crippen MR) is 113 cm³/mol. The maximum Gasteiger partial charge on any atom is 0.294 e. The van der Waals surface area contributed by atoms with Crippen LogP contribution < -0.4 is 10.0 Å². The molecule has 4 rings (SSSR count). The van der Waals surface area contributed by atoms with Gasteiger partial charge in [0.25, 0.3) is 5.69 Å². The smallest absolute Gasteiger partial charge is 0.294 e. The molecule has 9 nitrogen and oxygen atoms in total. The van der Waals surface area contributed by atoms with Crippen LogP contribution in [-0.2, 0) is 10.0 Å². The van der Waals surface area contributed by atoms with Gasteiger partial charge in [-0.3, -0.25) is 10.1 Å². The Labute approximate surface area is 172 Å². The lowest BCUT2D eigenvalue weighted by atomic mass is 10.1. The Kier molecular flexibility index (Phi) is 4.94. The van der Waals surface area contributed by atoms with Gasteiger partial charge in [0.05, 0.1) is 15.5 Å². The van der Waals surface area contributed by atoms with E-state index in [2.05, 4.69) is 15.0 Å². The molecular formula is C20H17N5O4S. The van der Waals surface area contributed by atoms with Gasteiger partial charge in [0.1, 0.15) is 11.3 Å². The first-order valence-corrected chi connectivity index (χ1v) is 10.4. The summed E-state index contributed by atoms with van der Waals surface area (Å²) in [5.74, 6) is 0. The average molecular weight is 423 g/mol. The molecule has 0 aliphatic carbocycles. The molecule has 0 amide bonds. The Morgan fingerprint density at radius 3 is 2.50 bits per heavy atom. The van der Waals surface area contributed by atoms with E-state index in [1.54, 1.807) is 12.1 Å². The molecule has 0 spiro atoms. The molecule has 0 fully saturated rings. The van der Waals surface area contributed by atoms with Crippen LogP contribution in [0.4, 0.5) is 17.1 Å². The molecule has 2 aromatic carbocycles. The molecule has 152 valence electrons. The van der Waals surface area contributed by atoms with Crippen LogP contribution in [0.15, 0.2) is 78.0 Å². The van der Waals surface area contributed by atoms with Crippen LogP contribution in [0.25, 0.3) is 16.9 Å². The highest BCUT2D eigenvalue weighted by Crippen LogP contribution is 2.31. The second-order valence-electron chi connectivity index (χ2n) is 6.44. The predicted octanol–water partition coefficient (Wildman–Crippen LogP) is 3.56. The van der Waals surface area contributed by atoms with Crippen LogP contribution >= 0.6 is 0 Å². The number of fused-ring (bicyclic) bond motifs is 1. The minimum atomic E-state index is -3.78. The number of nitrogens with zero attached hydrogens (tertiary/aromatic N) is 3. The molecule has 0 bridgehead atoms. The van der Waals surface area contributed by atoms with Gasteiger partial charge in [-0.25, -0.2) is 18.1 Å². The number of nitro groups is 1. The summed E-state index contributed by atoms with van der Waals surface area (Å²) in [6.07, 6.45) is 3.84. The minimum absolute atomic E-state index is 0.176. The quantitative estimate of drug-likeness (QED) is 0.362. The van der Waals surface area contributed by atoms with Crippen molar-refractivity contribution in [3.63, 3.8) is 0 Å². The molecule has 10 heteroatoms.